The van der Waals surface area contributed by atoms with Crippen LogP contribution in [0, 0.1) is 0 Å². The molecule has 0 radical (unpaired) electrons. The number of rotatable bonds is 11. The summed E-state index contributed by atoms with van der Waals surface area (Å²) >= 11 is 23.8. The lowest BCUT2D eigenvalue weighted by Gasteiger charge is -2.24. The fourth-order valence-corrected chi connectivity index (χ4v) is 8.76. The highest BCUT2D eigenvalue weighted by atomic mass is 35.5. The summed E-state index contributed by atoms with van der Waals surface area (Å²) in [5.74, 6) is -1.37. The predicted octanol–water partition coefficient (Wildman–Crippen LogP) is 5.98. The molecule has 4 rings (SSSR count). The van der Waals surface area contributed by atoms with Crippen molar-refractivity contribution in [1.82, 2.24) is 9.03 Å². The van der Waals surface area contributed by atoms with Gasteiger partial charge < -0.3 is 10.2 Å². The number of nitrogens with one attached hydrogen (secondary N) is 1. The molecule has 0 amide bonds. The molecule has 0 aromatic heterocycles. The van der Waals surface area contributed by atoms with Crippen LogP contribution in [0.3, 0.4) is 0 Å². The van der Waals surface area contributed by atoms with Gasteiger partial charge in [-0.3, -0.25) is 0 Å². The molecule has 0 aliphatic carbocycles. The Bertz CT molecular complexity index is 2090. The lowest BCUT2D eigenvalue weighted by molar-refractivity contribution is 0.394. The van der Waals surface area contributed by atoms with Gasteiger partial charge in [0.25, 0.3) is 0 Å². The van der Waals surface area contributed by atoms with E-state index < -0.39 is 51.2 Å². The van der Waals surface area contributed by atoms with Gasteiger partial charge in [-0.1, -0.05) is 82.8 Å². The second kappa shape index (κ2) is 13.6. The molecule has 17 heteroatoms. The zero-order valence-corrected chi connectivity index (χ0v) is 28.6. The molecule has 0 fully saturated rings. The lowest BCUT2D eigenvalue weighted by atomic mass is 10.1. The van der Waals surface area contributed by atoms with Gasteiger partial charge in [-0.05, 0) is 53.1 Å². The fourth-order valence-electron chi connectivity index (χ4n) is 4.19. The molecule has 240 valence electrons. The van der Waals surface area contributed by atoms with Crippen molar-refractivity contribution >= 4 is 76.3 Å². The van der Waals surface area contributed by atoms with E-state index in [0.717, 1.165) is 22.7 Å². The molecule has 0 heterocycles. The molecule has 4 aromatic carbocycles. The molecule has 0 saturated heterocycles. The Hall–Kier alpha value is -2.59. The molecule has 0 unspecified atom stereocenters. The molecule has 4 aromatic rings. The number of nitrogens with zero attached hydrogens (tertiary/aromatic N) is 1. The molecule has 45 heavy (non-hydrogen) atoms. The number of phenolic OH excluding ortho intramolecular Hbond substituents is 2. The largest absolute Gasteiger partial charge is 0.505 e. The van der Waals surface area contributed by atoms with Crippen LogP contribution < -0.4 is 4.72 Å². The van der Waals surface area contributed by atoms with Crippen molar-refractivity contribution in [3.63, 3.8) is 0 Å². The van der Waals surface area contributed by atoms with Gasteiger partial charge in [0.05, 0.1) is 14.9 Å². The minimum absolute atomic E-state index is 0.000501. The van der Waals surface area contributed by atoms with Crippen molar-refractivity contribution in [2.24, 2.45) is 0 Å². The van der Waals surface area contributed by atoms with Gasteiger partial charge in [0.2, 0.25) is 20.0 Å². The summed E-state index contributed by atoms with van der Waals surface area (Å²) in [6.45, 7) is -0.753. The Morgan fingerprint density at radius 2 is 1.18 bits per heavy atom. The summed E-state index contributed by atoms with van der Waals surface area (Å²) < 4.78 is 80.8. The van der Waals surface area contributed by atoms with E-state index in [2.05, 4.69) is 4.72 Å². The summed E-state index contributed by atoms with van der Waals surface area (Å²) in [6, 6.07) is 16.5. The Kier molecular flexibility index (Phi) is 10.7. The van der Waals surface area contributed by atoms with Gasteiger partial charge in [-0.2, -0.15) is 4.31 Å². The van der Waals surface area contributed by atoms with E-state index in [9.17, 15) is 35.5 Å². The maximum atomic E-state index is 13.9. The number of aromatic hydroxyl groups is 2. The first-order valence-corrected chi connectivity index (χ1v) is 18.9. The van der Waals surface area contributed by atoms with Crippen molar-refractivity contribution < 1.29 is 35.5 Å². The van der Waals surface area contributed by atoms with Crippen LogP contribution >= 0.6 is 46.4 Å². The summed E-state index contributed by atoms with van der Waals surface area (Å²) in [7, 11) is -12.2. The fraction of sp³-hybridized carbons (Fsp3) is 0.143. The zero-order valence-electron chi connectivity index (χ0n) is 23.1. The molecule has 0 atom stereocenters. The highest BCUT2D eigenvalue weighted by Crippen LogP contribution is 2.37. The Morgan fingerprint density at radius 1 is 0.667 bits per heavy atom. The first kappa shape index (κ1) is 35.3. The quantitative estimate of drug-likeness (QED) is 0.169. The van der Waals surface area contributed by atoms with E-state index >= 15 is 0 Å². The maximum absolute atomic E-state index is 13.9. The number of sulfone groups is 1. The molecular weight excluding hydrogens is 730 g/mol. The second-order valence-electron chi connectivity index (χ2n) is 9.80. The van der Waals surface area contributed by atoms with Gasteiger partial charge in [-0.25, -0.2) is 30.0 Å². The highest BCUT2D eigenvalue weighted by Gasteiger charge is 2.30. The van der Waals surface area contributed by atoms with E-state index in [4.69, 9.17) is 46.4 Å². The van der Waals surface area contributed by atoms with Gasteiger partial charge >= 0.3 is 0 Å². The molecule has 10 nitrogen and oxygen atoms in total. The van der Waals surface area contributed by atoms with Crippen molar-refractivity contribution in [1.29, 1.82) is 0 Å². The molecule has 3 N–H and O–H groups in total. The van der Waals surface area contributed by atoms with Crippen LogP contribution in [0.1, 0.15) is 16.7 Å². The van der Waals surface area contributed by atoms with E-state index in [0.29, 0.717) is 16.7 Å². The molecular formula is C28H24Cl4N2O8S3. The standard InChI is InChI=1S/C28H24Cl4N2O8S3/c1-43(37,38)22-7-5-17(6-8-22)15-34(45(41,42)26-13-21(30)11-24(32)28(26)36)16-19-4-2-3-18(9-19)14-33-44(39,40)25-12-20(29)10-23(31)27(25)35/h2-13,33,35-36H,14-16H2,1H3. The smallest absolute Gasteiger partial charge is 0.247 e. The van der Waals surface area contributed by atoms with Gasteiger partial charge in [0, 0.05) is 35.9 Å². The molecule has 0 aliphatic rings. The summed E-state index contributed by atoms with van der Waals surface area (Å²) in [5, 5.41) is 20.1. The molecule has 0 saturated carbocycles. The van der Waals surface area contributed by atoms with Crippen molar-refractivity contribution in [3.8, 4) is 11.5 Å². The van der Waals surface area contributed by atoms with Crippen LogP contribution in [-0.4, -0.2) is 46.0 Å². The number of hydrogen-bond donors (Lipinski definition) is 3. The van der Waals surface area contributed by atoms with Crippen molar-refractivity contribution in [3.05, 3.63) is 110 Å². The van der Waals surface area contributed by atoms with Gasteiger partial charge in [-0.15, -0.1) is 0 Å². The minimum atomic E-state index is -4.48. The number of halogens is 4. The summed E-state index contributed by atoms with van der Waals surface area (Å²) in [6.07, 6.45) is 1.05. The third-order valence-electron chi connectivity index (χ3n) is 6.42. The first-order valence-electron chi connectivity index (χ1n) is 12.6. The zero-order chi connectivity index (χ0) is 33.3. The van der Waals surface area contributed by atoms with Gasteiger partial charge in [0.1, 0.15) is 9.79 Å². The average molecular weight is 755 g/mol. The highest BCUT2D eigenvalue weighted by molar-refractivity contribution is 7.90. The van der Waals surface area contributed by atoms with E-state index in [1.165, 1.54) is 36.4 Å². The van der Waals surface area contributed by atoms with Crippen LogP contribution in [0.4, 0.5) is 0 Å². The number of hydrogen-bond acceptors (Lipinski definition) is 8. The van der Waals surface area contributed by atoms with Gasteiger partial charge in [0.15, 0.2) is 21.3 Å². The Morgan fingerprint density at radius 3 is 1.76 bits per heavy atom. The molecule has 0 bridgehead atoms. The summed E-state index contributed by atoms with van der Waals surface area (Å²) in [5.41, 5.74) is 1.30. The van der Waals surface area contributed by atoms with Crippen molar-refractivity contribution in [2.45, 2.75) is 34.3 Å². The van der Waals surface area contributed by atoms with Crippen molar-refractivity contribution in [2.75, 3.05) is 6.26 Å². The van der Waals surface area contributed by atoms with E-state index in [-0.39, 0.29) is 44.6 Å². The monoisotopic (exact) mass is 752 g/mol. The predicted molar refractivity (Wildman–Crippen MR) is 173 cm³/mol. The van der Waals surface area contributed by atoms with Crippen LogP contribution in [0.15, 0.2) is 87.5 Å². The molecule has 0 spiro atoms. The van der Waals surface area contributed by atoms with Crippen LogP contribution in [0.5, 0.6) is 11.5 Å². The van der Waals surface area contributed by atoms with E-state index in [1.54, 1.807) is 24.3 Å². The van der Waals surface area contributed by atoms with Crippen LogP contribution in [0.25, 0.3) is 0 Å². The SMILES string of the molecule is CS(=O)(=O)c1ccc(CN(Cc2cccc(CNS(=O)(=O)c3cc(Cl)cc(Cl)c3O)c2)S(=O)(=O)c2cc(Cl)cc(Cl)c2O)cc1. The van der Waals surface area contributed by atoms with E-state index in [1.807, 2.05) is 0 Å². The number of phenols is 2. The Labute approximate surface area is 280 Å². The maximum Gasteiger partial charge on any atom is 0.247 e. The summed E-state index contributed by atoms with van der Waals surface area (Å²) in [4.78, 5) is -1.02. The average Bonchev–Trinajstić information content (AvgIpc) is 2.95. The minimum Gasteiger partial charge on any atom is -0.505 e. The Balaban J connectivity index is 1.67. The van der Waals surface area contributed by atoms with Crippen LogP contribution in [0.2, 0.25) is 20.1 Å². The third kappa shape index (κ3) is 8.42. The second-order valence-corrected chi connectivity index (χ2v) is 17.1. The first-order chi connectivity index (χ1) is 20.9. The number of sulfonamides is 2. The lowest BCUT2D eigenvalue weighted by Crippen LogP contribution is -2.30. The number of benzene rings is 4. The third-order valence-corrected chi connectivity index (χ3v) is 11.8. The molecule has 0 aliphatic heterocycles. The van der Waals surface area contributed by atoms with Crippen LogP contribution in [-0.2, 0) is 49.5 Å². The topological polar surface area (TPSA) is 158 Å². The normalized spacial score (nSPS) is 12.5.